The van der Waals surface area contributed by atoms with Crippen LogP contribution in [0.1, 0.15) is 0 Å². The molecule has 22 valence electrons. The van der Waals surface area contributed by atoms with Crippen molar-refractivity contribution in [2.24, 2.45) is 0 Å². The van der Waals surface area contributed by atoms with Crippen LogP contribution in [0.5, 0.6) is 0 Å². The fourth-order valence-electron chi connectivity index (χ4n) is 0. The summed E-state index contributed by atoms with van der Waals surface area (Å²) in [5.41, 5.74) is 0. The Labute approximate surface area is 56.5 Å². The van der Waals surface area contributed by atoms with Crippen molar-refractivity contribution in [3.63, 3.8) is 0 Å². The molecule has 0 heterocycles. The van der Waals surface area contributed by atoms with Gasteiger partial charge in [0.1, 0.15) is 0 Å². The molecule has 0 bridgehead atoms. The predicted molar refractivity (Wildman–Crippen MR) is 15.2 cm³/mol. The van der Waals surface area contributed by atoms with Gasteiger partial charge in [0.05, 0.1) is 0 Å². The van der Waals surface area contributed by atoms with Gasteiger partial charge in [-0.1, -0.05) is 0 Å². The van der Waals surface area contributed by atoms with Crippen molar-refractivity contribution in [1.82, 2.24) is 0 Å². The summed E-state index contributed by atoms with van der Waals surface area (Å²) in [6.07, 6.45) is 0. The first-order valence-corrected chi connectivity index (χ1v) is 7.59. The summed E-state index contributed by atoms with van der Waals surface area (Å²) in [6.45, 7) is 0. The average Bonchev–Trinajstić information content (AvgIpc) is 1.50. The van der Waals surface area contributed by atoms with E-state index in [1.54, 1.807) is 0 Å². The molecule has 0 rings (SSSR count). The quantitative estimate of drug-likeness (QED) is 0.577. The summed E-state index contributed by atoms with van der Waals surface area (Å²) in [7, 11) is 8.09. The maximum atomic E-state index is 4.25. The fourth-order valence-corrected chi connectivity index (χ4v) is 0. The van der Waals surface area contributed by atoms with Crippen molar-refractivity contribution < 1.29 is 38.1 Å². The zero-order chi connectivity index (χ0) is 4.00. The number of rotatable bonds is 0. The van der Waals surface area contributed by atoms with Crippen LogP contribution in [0.4, 0.5) is 0 Å². The minimum atomic E-state index is 0.733. The van der Waals surface area contributed by atoms with Crippen molar-refractivity contribution in [1.29, 1.82) is 0 Å². The molecule has 0 aliphatic carbocycles. The molecular weight excluding hydrogens is 232 g/mol. The zero-order valence-electron chi connectivity index (χ0n) is 1.88. The molecule has 0 aliphatic rings. The van der Waals surface area contributed by atoms with Crippen molar-refractivity contribution in [3.8, 4) is 0 Å². The van der Waals surface area contributed by atoms with Gasteiger partial charge in [0.2, 0.25) is 0 Å². The van der Waals surface area contributed by atoms with Crippen molar-refractivity contribution in [2.75, 3.05) is 0 Å². The Morgan fingerprint density at radius 2 is 1.25 bits per heavy atom. The van der Waals surface area contributed by atoms with Crippen LogP contribution in [0.25, 0.3) is 0 Å². The molecule has 0 N–H and O–H groups in total. The third kappa shape index (κ3) is 9.10. The van der Waals surface area contributed by atoms with Gasteiger partial charge >= 0.3 is 57.3 Å². The monoisotopic (exact) mass is 234 g/mol. The third-order valence-electron chi connectivity index (χ3n) is 0. The summed E-state index contributed by atoms with van der Waals surface area (Å²) in [6, 6.07) is 0. The van der Waals surface area contributed by atoms with Gasteiger partial charge in [0, 0.05) is 0 Å². The molecule has 0 unspecified atom stereocenters. The molecule has 0 nitrogen and oxygen atoms in total. The van der Waals surface area contributed by atoms with E-state index in [9.17, 15) is 0 Å². The third-order valence-corrected chi connectivity index (χ3v) is 0. The van der Waals surface area contributed by atoms with Gasteiger partial charge in [-0.2, -0.15) is 0 Å². The van der Waals surface area contributed by atoms with Crippen LogP contribution in [0.15, 0.2) is 0 Å². The SMILES string of the molecule is [S]=[Cd].[S]=[Fe]. The van der Waals surface area contributed by atoms with Crippen LogP contribution in [0, 0.1) is 0 Å². The first-order valence-electron chi connectivity index (χ1n) is 0.433. The maximum absolute atomic E-state index is 4.25. The molecule has 0 spiro atoms. The number of hydrogen-bond donors (Lipinski definition) is 0. The molecule has 0 amide bonds. The molecular formula is CdFeS2. The van der Waals surface area contributed by atoms with Crippen molar-refractivity contribution in [3.05, 3.63) is 0 Å². The Bertz CT molecular complexity index is 8.00. The van der Waals surface area contributed by atoms with E-state index in [2.05, 4.69) is 33.6 Å². The van der Waals surface area contributed by atoms with Crippen LogP contribution in [0.3, 0.4) is 0 Å². The molecule has 0 atom stereocenters. The molecule has 0 aromatic carbocycles. The first-order chi connectivity index (χ1) is 2.00. The average molecular weight is 232 g/mol. The summed E-state index contributed by atoms with van der Waals surface area (Å²) in [5.74, 6) is 0. The molecule has 0 aliphatic heterocycles. The van der Waals surface area contributed by atoms with Crippen LogP contribution in [-0.4, -0.2) is 0 Å². The van der Waals surface area contributed by atoms with Gasteiger partial charge < -0.3 is 0 Å². The molecule has 4 heteroatoms. The van der Waals surface area contributed by atoms with E-state index in [0.717, 1.165) is 23.7 Å². The Morgan fingerprint density at radius 3 is 1.25 bits per heavy atom. The fraction of sp³-hybridized carbons (Fsp3) is 0. The van der Waals surface area contributed by atoms with Crippen molar-refractivity contribution in [2.45, 2.75) is 0 Å². The van der Waals surface area contributed by atoms with Crippen molar-refractivity contribution >= 4 is 19.2 Å². The van der Waals surface area contributed by atoms with Gasteiger partial charge in [-0.3, -0.25) is 0 Å². The van der Waals surface area contributed by atoms with Gasteiger partial charge in [-0.25, -0.2) is 0 Å². The van der Waals surface area contributed by atoms with Crippen LogP contribution < -0.4 is 0 Å². The van der Waals surface area contributed by atoms with Crippen LogP contribution >= 0.6 is 19.2 Å². The Hall–Kier alpha value is 1.88. The minimum absolute atomic E-state index is 0.733. The molecule has 4 heavy (non-hydrogen) atoms. The molecule has 0 fully saturated rings. The van der Waals surface area contributed by atoms with E-state index < -0.39 is 0 Å². The van der Waals surface area contributed by atoms with E-state index in [0.29, 0.717) is 0 Å². The standard InChI is InChI=1S/Cd.Fe.2S. The molecule has 0 radical (unpaired) electrons. The van der Waals surface area contributed by atoms with Gasteiger partial charge in [-0.05, 0) is 0 Å². The number of hydrogen-bond acceptors (Lipinski definition) is 2. The zero-order valence-corrected chi connectivity index (χ0v) is 8.65. The van der Waals surface area contributed by atoms with Gasteiger partial charge in [0.15, 0.2) is 0 Å². The second-order valence-corrected chi connectivity index (χ2v) is 0. The summed E-state index contributed by atoms with van der Waals surface area (Å²) >= 11 is 3.57. The molecule has 0 saturated carbocycles. The van der Waals surface area contributed by atoms with E-state index in [1.807, 2.05) is 0 Å². The van der Waals surface area contributed by atoms with E-state index in [-0.39, 0.29) is 0 Å². The normalized spacial score (nSPS) is 2.75. The predicted octanol–water partition coefficient (Wildman–Crippen LogP) is 1.29. The van der Waals surface area contributed by atoms with E-state index in [1.165, 1.54) is 0 Å². The van der Waals surface area contributed by atoms with Crippen LogP contribution in [0.2, 0.25) is 0 Å². The van der Waals surface area contributed by atoms with E-state index in [4.69, 9.17) is 0 Å². The summed E-state index contributed by atoms with van der Waals surface area (Å²) in [5, 5.41) is 0. The van der Waals surface area contributed by atoms with E-state index >= 15 is 0 Å². The summed E-state index contributed by atoms with van der Waals surface area (Å²) < 4.78 is 0. The Balaban J connectivity index is 0. The second-order valence-electron chi connectivity index (χ2n) is 0. The molecule has 0 aromatic rings. The first kappa shape index (κ1) is 9.30. The topological polar surface area (TPSA) is 0 Å². The van der Waals surface area contributed by atoms with Crippen LogP contribution in [-0.2, 0) is 38.1 Å². The molecule has 0 aromatic heterocycles. The van der Waals surface area contributed by atoms with Gasteiger partial charge in [0.25, 0.3) is 0 Å². The molecule has 0 saturated heterocycles. The Kier molecular flexibility index (Phi) is 48.3. The second kappa shape index (κ2) is 20.8. The summed E-state index contributed by atoms with van der Waals surface area (Å²) in [4.78, 5) is 0. The Morgan fingerprint density at radius 1 is 1.25 bits per heavy atom. The van der Waals surface area contributed by atoms with Gasteiger partial charge in [-0.15, -0.1) is 0 Å².